The van der Waals surface area contributed by atoms with Gasteiger partial charge in [-0.05, 0) is 18.2 Å². The normalized spacial score (nSPS) is 23.6. The Balaban J connectivity index is 1.97. The van der Waals surface area contributed by atoms with E-state index in [0.29, 0.717) is 0 Å². The van der Waals surface area contributed by atoms with Gasteiger partial charge in [0.25, 0.3) is 5.91 Å². The third-order valence-electron chi connectivity index (χ3n) is 2.72. The SMILES string of the molecule is O=C1C2CSCC2=NN1c1cccc(Br)c1. The minimum Gasteiger partial charge on any atom is -0.272 e. The average molecular weight is 297 g/mol. The molecule has 0 N–H and O–H groups in total. The molecular weight excluding hydrogens is 288 g/mol. The van der Waals surface area contributed by atoms with Gasteiger partial charge in [-0.25, -0.2) is 5.01 Å². The Kier molecular flexibility index (Phi) is 2.52. The van der Waals surface area contributed by atoms with Crippen LogP contribution in [0.15, 0.2) is 33.8 Å². The number of carbonyl (C=O) groups is 1. The van der Waals surface area contributed by atoms with Gasteiger partial charge >= 0.3 is 0 Å². The van der Waals surface area contributed by atoms with Crippen LogP contribution in [-0.4, -0.2) is 23.1 Å². The molecule has 0 spiro atoms. The van der Waals surface area contributed by atoms with Gasteiger partial charge in [-0.15, -0.1) is 0 Å². The standard InChI is InChI=1S/C11H9BrN2OS/c12-7-2-1-3-8(4-7)14-11(15)9-5-16-6-10(9)13-14/h1-4,9H,5-6H2. The lowest BCUT2D eigenvalue weighted by atomic mass is 10.1. The maximum Gasteiger partial charge on any atom is 0.257 e. The molecule has 1 atom stereocenters. The molecule has 1 amide bonds. The van der Waals surface area contributed by atoms with Crippen molar-refractivity contribution in [2.24, 2.45) is 11.0 Å². The van der Waals surface area contributed by atoms with Crippen molar-refractivity contribution in [3.05, 3.63) is 28.7 Å². The molecule has 1 unspecified atom stereocenters. The number of halogens is 1. The molecule has 3 rings (SSSR count). The summed E-state index contributed by atoms with van der Waals surface area (Å²) in [6.45, 7) is 0. The van der Waals surface area contributed by atoms with Crippen LogP contribution in [0.2, 0.25) is 0 Å². The molecule has 0 aromatic heterocycles. The first kappa shape index (κ1) is 10.4. The first-order valence-electron chi connectivity index (χ1n) is 5.00. The molecule has 16 heavy (non-hydrogen) atoms. The highest BCUT2D eigenvalue weighted by molar-refractivity contribution is 9.10. The molecule has 2 aliphatic heterocycles. The van der Waals surface area contributed by atoms with Crippen molar-refractivity contribution in [3.63, 3.8) is 0 Å². The van der Waals surface area contributed by atoms with Gasteiger partial charge in [-0.1, -0.05) is 22.0 Å². The van der Waals surface area contributed by atoms with Gasteiger partial charge in [0.1, 0.15) is 0 Å². The highest BCUT2D eigenvalue weighted by Crippen LogP contribution is 2.32. The third-order valence-corrected chi connectivity index (χ3v) is 4.29. The lowest BCUT2D eigenvalue weighted by Gasteiger charge is -2.13. The zero-order chi connectivity index (χ0) is 11.1. The van der Waals surface area contributed by atoms with Gasteiger partial charge in [0.05, 0.1) is 17.3 Å². The Hall–Kier alpha value is -0.810. The number of thioether (sulfide) groups is 1. The second-order valence-corrected chi connectivity index (χ2v) is 5.73. The van der Waals surface area contributed by atoms with Crippen molar-refractivity contribution in [1.82, 2.24) is 0 Å². The van der Waals surface area contributed by atoms with Crippen LogP contribution in [0.5, 0.6) is 0 Å². The Bertz CT molecular complexity index is 489. The Morgan fingerprint density at radius 1 is 1.50 bits per heavy atom. The molecule has 2 heterocycles. The molecule has 0 aliphatic carbocycles. The average Bonchev–Trinajstić information content (AvgIpc) is 2.82. The monoisotopic (exact) mass is 296 g/mol. The van der Waals surface area contributed by atoms with Gasteiger partial charge in [0.15, 0.2) is 0 Å². The van der Waals surface area contributed by atoms with Crippen molar-refractivity contribution in [3.8, 4) is 0 Å². The predicted molar refractivity (Wildman–Crippen MR) is 69.9 cm³/mol. The van der Waals surface area contributed by atoms with Gasteiger partial charge < -0.3 is 0 Å². The molecule has 1 saturated heterocycles. The molecule has 0 bridgehead atoms. The highest BCUT2D eigenvalue weighted by atomic mass is 79.9. The predicted octanol–water partition coefficient (Wildman–Crippen LogP) is 2.51. The quantitative estimate of drug-likeness (QED) is 0.798. The van der Waals surface area contributed by atoms with Crippen LogP contribution in [0.1, 0.15) is 0 Å². The van der Waals surface area contributed by atoms with Crippen LogP contribution in [0.3, 0.4) is 0 Å². The summed E-state index contributed by atoms with van der Waals surface area (Å²) in [5.74, 6) is 1.89. The zero-order valence-electron chi connectivity index (χ0n) is 8.39. The van der Waals surface area contributed by atoms with Crippen molar-refractivity contribution < 1.29 is 4.79 Å². The van der Waals surface area contributed by atoms with Crippen molar-refractivity contribution in [1.29, 1.82) is 0 Å². The second-order valence-electron chi connectivity index (χ2n) is 3.79. The number of amides is 1. The molecule has 1 aromatic carbocycles. The molecule has 0 saturated carbocycles. The number of anilines is 1. The highest BCUT2D eigenvalue weighted by Gasteiger charge is 2.39. The molecule has 82 valence electrons. The van der Waals surface area contributed by atoms with Crippen molar-refractivity contribution in [2.45, 2.75) is 0 Å². The topological polar surface area (TPSA) is 32.7 Å². The van der Waals surface area contributed by atoms with E-state index in [1.54, 1.807) is 11.8 Å². The number of rotatable bonds is 1. The summed E-state index contributed by atoms with van der Waals surface area (Å²) >= 11 is 5.18. The van der Waals surface area contributed by atoms with E-state index in [0.717, 1.165) is 27.4 Å². The molecule has 3 nitrogen and oxygen atoms in total. The first-order valence-corrected chi connectivity index (χ1v) is 6.95. The summed E-state index contributed by atoms with van der Waals surface area (Å²) in [5, 5.41) is 5.93. The number of carbonyl (C=O) groups excluding carboxylic acids is 1. The fourth-order valence-corrected chi connectivity index (χ4v) is 3.45. The molecular formula is C11H9BrN2OS. The van der Waals surface area contributed by atoms with E-state index < -0.39 is 0 Å². The third kappa shape index (κ3) is 1.58. The van der Waals surface area contributed by atoms with E-state index >= 15 is 0 Å². The largest absolute Gasteiger partial charge is 0.272 e. The van der Waals surface area contributed by atoms with Gasteiger partial charge in [-0.2, -0.15) is 16.9 Å². The number of hydrogen-bond acceptors (Lipinski definition) is 3. The number of hydrogen-bond donors (Lipinski definition) is 0. The molecule has 2 aliphatic rings. The smallest absolute Gasteiger partial charge is 0.257 e. The number of benzene rings is 1. The summed E-state index contributed by atoms with van der Waals surface area (Å²) in [5.41, 5.74) is 1.86. The second kappa shape index (κ2) is 3.89. The van der Waals surface area contributed by atoms with E-state index in [1.165, 1.54) is 5.01 Å². The van der Waals surface area contributed by atoms with Crippen LogP contribution in [0, 0.1) is 5.92 Å². The summed E-state index contributed by atoms with van der Waals surface area (Å²) in [6, 6.07) is 7.67. The van der Waals surface area contributed by atoms with E-state index in [4.69, 9.17) is 0 Å². The van der Waals surface area contributed by atoms with Crippen LogP contribution in [0.25, 0.3) is 0 Å². The van der Waals surface area contributed by atoms with Crippen LogP contribution in [0.4, 0.5) is 5.69 Å². The minimum absolute atomic E-state index is 0.0176. The fourth-order valence-electron chi connectivity index (χ4n) is 1.91. The molecule has 5 heteroatoms. The Morgan fingerprint density at radius 3 is 3.12 bits per heavy atom. The van der Waals surface area contributed by atoms with Gasteiger partial charge in [0.2, 0.25) is 0 Å². The lowest BCUT2D eigenvalue weighted by Crippen LogP contribution is -2.27. The number of hydrazone groups is 1. The lowest BCUT2D eigenvalue weighted by molar-refractivity contribution is -0.119. The minimum atomic E-state index is 0.0176. The van der Waals surface area contributed by atoms with E-state index in [2.05, 4.69) is 21.0 Å². The van der Waals surface area contributed by atoms with E-state index in [9.17, 15) is 4.79 Å². The van der Waals surface area contributed by atoms with Crippen LogP contribution < -0.4 is 5.01 Å². The Morgan fingerprint density at radius 2 is 2.38 bits per heavy atom. The van der Waals surface area contributed by atoms with Gasteiger partial charge in [0, 0.05) is 16.0 Å². The fraction of sp³-hybridized carbons (Fsp3) is 0.273. The number of nitrogens with zero attached hydrogens (tertiary/aromatic N) is 2. The van der Waals surface area contributed by atoms with Crippen molar-refractivity contribution >= 4 is 45.0 Å². The maximum atomic E-state index is 12.1. The molecule has 1 fully saturated rings. The Labute approximate surface area is 106 Å². The molecule has 1 aromatic rings. The number of fused-ring (bicyclic) bond motifs is 1. The van der Waals surface area contributed by atoms with Crippen LogP contribution in [-0.2, 0) is 4.79 Å². The van der Waals surface area contributed by atoms with Crippen LogP contribution >= 0.6 is 27.7 Å². The first-order chi connectivity index (χ1) is 7.75. The summed E-state index contributed by atoms with van der Waals surface area (Å²) in [6.07, 6.45) is 0. The molecule has 0 radical (unpaired) electrons. The van der Waals surface area contributed by atoms with E-state index in [1.807, 2.05) is 24.3 Å². The summed E-state index contributed by atoms with van der Waals surface area (Å²) in [7, 11) is 0. The van der Waals surface area contributed by atoms with E-state index in [-0.39, 0.29) is 11.8 Å². The van der Waals surface area contributed by atoms with Crippen molar-refractivity contribution in [2.75, 3.05) is 16.5 Å². The summed E-state index contributed by atoms with van der Waals surface area (Å²) in [4.78, 5) is 12.1. The summed E-state index contributed by atoms with van der Waals surface area (Å²) < 4.78 is 0.962. The maximum absolute atomic E-state index is 12.1. The zero-order valence-corrected chi connectivity index (χ0v) is 10.8. The van der Waals surface area contributed by atoms with Gasteiger partial charge in [-0.3, -0.25) is 4.79 Å².